The number of aliphatic imine (C=N–C) groups is 1. The van der Waals surface area contributed by atoms with Crippen LogP contribution in [-0.2, 0) is 0 Å². The Morgan fingerprint density at radius 2 is 1.70 bits per heavy atom. The highest BCUT2D eigenvalue weighted by molar-refractivity contribution is 6.13. The summed E-state index contributed by atoms with van der Waals surface area (Å²) in [5.41, 5.74) is 6.86. The van der Waals surface area contributed by atoms with Crippen molar-refractivity contribution in [2.75, 3.05) is 13.7 Å². The van der Waals surface area contributed by atoms with Gasteiger partial charge in [-0.15, -0.1) is 0 Å². The molecule has 1 aliphatic rings. The first-order chi connectivity index (χ1) is 14.7. The van der Waals surface area contributed by atoms with Gasteiger partial charge in [-0.05, 0) is 42.3 Å². The molecule has 5 heteroatoms. The Morgan fingerprint density at radius 3 is 2.53 bits per heavy atom. The molecule has 0 aliphatic carbocycles. The van der Waals surface area contributed by atoms with Gasteiger partial charge in [0.25, 0.3) is 0 Å². The summed E-state index contributed by atoms with van der Waals surface area (Å²) in [6.45, 7) is 5.21. The third-order valence-electron chi connectivity index (χ3n) is 6.00. The van der Waals surface area contributed by atoms with E-state index >= 15 is 0 Å². The minimum atomic E-state index is 0.278. The van der Waals surface area contributed by atoms with Gasteiger partial charge in [0.15, 0.2) is 5.82 Å². The van der Waals surface area contributed by atoms with Gasteiger partial charge in [0.1, 0.15) is 11.5 Å². The molecular weight excluding hydrogens is 372 g/mol. The van der Waals surface area contributed by atoms with E-state index in [-0.39, 0.29) is 5.92 Å². The number of nitrogens with one attached hydrogen (secondary N) is 1. The molecule has 0 spiro atoms. The average molecular weight is 396 g/mol. The fraction of sp³-hybridized carbons (Fsp3) is 0.240. The molecule has 0 saturated heterocycles. The highest BCUT2D eigenvalue weighted by atomic mass is 16.5. The Kier molecular flexibility index (Phi) is 4.58. The zero-order valence-electron chi connectivity index (χ0n) is 17.4. The average Bonchev–Trinajstić information content (AvgIpc) is 3.17. The topological polar surface area (TPSA) is 63.2 Å². The van der Waals surface area contributed by atoms with Crippen LogP contribution in [0.4, 0.5) is 0 Å². The number of rotatable bonds is 3. The third-order valence-corrected chi connectivity index (χ3v) is 6.00. The predicted molar refractivity (Wildman–Crippen MR) is 120 cm³/mol. The summed E-state index contributed by atoms with van der Waals surface area (Å²) in [7, 11) is 1.69. The van der Waals surface area contributed by atoms with Crippen molar-refractivity contribution in [3.05, 3.63) is 77.7 Å². The number of nitrogens with zero attached hydrogens (tertiary/aromatic N) is 3. The second kappa shape index (κ2) is 7.41. The van der Waals surface area contributed by atoms with Crippen LogP contribution in [0.2, 0.25) is 0 Å². The van der Waals surface area contributed by atoms with Crippen LogP contribution >= 0.6 is 0 Å². The van der Waals surface area contributed by atoms with Crippen LogP contribution in [0, 0.1) is 5.92 Å². The van der Waals surface area contributed by atoms with Crippen LogP contribution in [0.1, 0.15) is 36.8 Å². The normalized spacial score (nSPS) is 18.6. The van der Waals surface area contributed by atoms with Gasteiger partial charge in [-0.3, -0.25) is 9.98 Å². The fourth-order valence-corrected chi connectivity index (χ4v) is 4.04. The molecule has 1 unspecified atom stereocenters. The third kappa shape index (κ3) is 3.07. The summed E-state index contributed by atoms with van der Waals surface area (Å²) >= 11 is 0. The number of ether oxygens (including phenoxy) is 1. The quantitative estimate of drug-likeness (QED) is 0.516. The number of benzene rings is 2. The maximum Gasteiger partial charge on any atom is 0.157 e. The fourth-order valence-electron chi connectivity index (χ4n) is 4.04. The Hall–Kier alpha value is -3.47. The number of methoxy groups -OCH3 is 1. The van der Waals surface area contributed by atoms with E-state index < -0.39 is 0 Å². The molecule has 0 saturated carbocycles. The molecule has 2 aromatic heterocycles. The second-order valence-corrected chi connectivity index (χ2v) is 7.89. The molecule has 5 rings (SSSR count). The molecule has 1 N–H and O–H groups in total. The first-order valence-electron chi connectivity index (χ1n) is 10.3. The summed E-state index contributed by atoms with van der Waals surface area (Å²) in [5.74, 6) is 2.28. The summed E-state index contributed by atoms with van der Waals surface area (Å²) in [6.07, 6.45) is 0. The van der Waals surface area contributed by atoms with Gasteiger partial charge in [0.2, 0.25) is 0 Å². The van der Waals surface area contributed by atoms with E-state index in [1.807, 2.05) is 48.5 Å². The zero-order valence-corrected chi connectivity index (χ0v) is 17.4. The van der Waals surface area contributed by atoms with Crippen molar-refractivity contribution in [3.8, 4) is 17.0 Å². The van der Waals surface area contributed by atoms with Crippen LogP contribution in [0.3, 0.4) is 0 Å². The molecule has 0 amide bonds. The van der Waals surface area contributed by atoms with E-state index in [4.69, 9.17) is 19.7 Å². The Balaban J connectivity index is 1.67. The van der Waals surface area contributed by atoms with Crippen LogP contribution in [0.25, 0.3) is 22.3 Å². The van der Waals surface area contributed by atoms with E-state index in [1.54, 1.807) is 7.11 Å². The number of H-pyrrole nitrogens is 1. The van der Waals surface area contributed by atoms with E-state index in [0.29, 0.717) is 5.92 Å². The molecule has 150 valence electrons. The van der Waals surface area contributed by atoms with Crippen LogP contribution in [0.15, 0.2) is 65.7 Å². The number of pyridine rings is 1. The number of aromatic nitrogens is 3. The van der Waals surface area contributed by atoms with Crippen molar-refractivity contribution in [3.63, 3.8) is 0 Å². The van der Waals surface area contributed by atoms with Gasteiger partial charge >= 0.3 is 0 Å². The van der Waals surface area contributed by atoms with E-state index in [0.717, 1.165) is 57.4 Å². The number of hydrogen-bond donors (Lipinski definition) is 1. The smallest absolute Gasteiger partial charge is 0.157 e. The lowest BCUT2D eigenvalue weighted by Gasteiger charge is -2.19. The maximum atomic E-state index is 5.56. The van der Waals surface area contributed by atoms with E-state index in [1.165, 1.54) is 0 Å². The van der Waals surface area contributed by atoms with Crippen LogP contribution in [0.5, 0.6) is 5.75 Å². The lowest BCUT2D eigenvalue weighted by atomic mass is 9.89. The first-order valence-corrected chi connectivity index (χ1v) is 10.3. The molecule has 4 aromatic rings. The van der Waals surface area contributed by atoms with Crippen molar-refractivity contribution < 1.29 is 4.74 Å². The SMILES string of the molecule is COc1ccccc1-c1ccc2c(n1)C(C)[C@H](C)CN=C2c1nc2ccccc2[nH]1. The van der Waals surface area contributed by atoms with Gasteiger partial charge in [-0.25, -0.2) is 4.98 Å². The molecule has 3 heterocycles. The molecular formula is C25H24N4O. The highest BCUT2D eigenvalue weighted by Crippen LogP contribution is 2.35. The van der Waals surface area contributed by atoms with Crippen LogP contribution in [-0.4, -0.2) is 34.3 Å². The number of para-hydroxylation sites is 3. The van der Waals surface area contributed by atoms with Crippen molar-refractivity contribution in [1.82, 2.24) is 15.0 Å². The standard InChI is InChI=1S/C25H24N4O/c1-15-14-26-24(25-28-20-9-5-6-10-21(20)29-25)18-12-13-19(27-23(18)16(15)2)17-8-4-7-11-22(17)30-3/h4-13,15-16H,14H2,1-3H3,(H,28,29)/t15-,16?/m1/s1. The minimum absolute atomic E-state index is 0.278. The molecule has 5 nitrogen and oxygen atoms in total. The largest absolute Gasteiger partial charge is 0.496 e. The Labute approximate surface area is 175 Å². The molecule has 0 radical (unpaired) electrons. The molecule has 1 aliphatic heterocycles. The lowest BCUT2D eigenvalue weighted by Crippen LogP contribution is -2.13. The van der Waals surface area contributed by atoms with Gasteiger partial charge in [-0.1, -0.05) is 38.1 Å². The highest BCUT2D eigenvalue weighted by Gasteiger charge is 2.27. The molecule has 2 atom stereocenters. The summed E-state index contributed by atoms with van der Waals surface area (Å²) < 4.78 is 5.56. The van der Waals surface area contributed by atoms with Crippen molar-refractivity contribution >= 4 is 16.7 Å². The monoisotopic (exact) mass is 396 g/mol. The lowest BCUT2D eigenvalue weighted by molar-refractivity contribution is 0.416. The van der Waals surface area contributed by atoms with E-state index in [9.17, 15) is 0 Å². The number of fused-ring (bicyclic) bond motifs is 2. The van der Waals surface area contributed by atoms with Crippen molar-refractivity contribution in [2.45, 2.75) is 19.8 Å². The maximum absolute atomic E-state index is 5.56. The molecule has 30 heavy (non-hydrogen) atoms. The Bertz CT molecular complexity index is 1220. The predicted octanol–water partition coefficient (Wildman–Crippen LogP) is 5.22. The zero-order chi connectivity index (χ0) is 20.7. The second-order valence-electron chi connectivity index (χ2n) is 7.89. The molecule has 2 aromatic carbocycles. The number of hydrogen-bond acceptors (Lipinski definition) is 4. The van der Waals surface area contributed by atoms with Gasteiger partial charge < -0.3 is 9.72 Å². The summed E-state index contributed by atoms with van der Waals surface area (Å²) in [6, 6.07) is 20.3. The first kappa shape index (κ1) is 18.6. The number of imidazole rings is 1. The van der Waals surface area contributed by atoms with Gasteiger partial charge in [0.05, 0.1) is 29.5 Å². The molecule has 0 fully saturated rings. The van der Waals surface area contributed by atoms with E-state index in [2.05, 4.69) is 31.0 Å². The van der Waals surface area contributed by atoms with Gasteiger partial charge in [0, 0.05) is 23.6 Å². The van der Waals surface area contributed by atoms with Crippen molar-refractivity contribution in [2.24, 2.45) is 10.9 Å². The Morgan fingerprint density at radius 1 is 0.900 bits per heavy atom. The summed E-state index contributed by atoms with van der Waals surface area (Å²) in [5, 5.41) is 0. The van der Waals surface area contributed by atoms with Gasteiger partial charge in [-0.2, -0.15) is 0 Å². The van der Waals surface area contributed by atoms with Crippen molar-refractivity contribution in [1.29, 1.82) is 0 Å². The van der Waals surface area contributed by atoms with Crippen LogP contribution < -0.4 is 4.74 Å². The molecule has 0 bridgehead atoms. The minimum Gasteiger partial charge on any atom is -0.496 e. The summed E-state index contributed by atoms with van der Waals surface area (Å²) in [4.78, 5) is 18.3. The number of aromatic amines is 1.